The normalized spacial score (nSPS) is 14.2. The van der Waals surface area contributed by atoms with Gasteiger partial charge in [0.1, 0.15) is 19.3 Å². The van der Waals surface area contributed by atoms with Crippen molar-refractivity contribution in [1.82, 2.24) is 0 Å². The Kier molecular flexibility index (Phi) is 70.9. The second kappa shape index (κ2) is 72.3. The summed E-state index contributed by atoms with van der Waals surface area (Å²) in [6, 6.07) is 0. The minimum atomic E-state index is -4.96. The number of phosphoric ester groups is 2. The molecule has 0 rings (SSSR count). The zero-order valence-corrected chi connectivity index (χ0v) is 68.2. The molecule has 600 valence electrons. The van der Waals surface area contributed by atoms with Gasteiger partial charge < -0.3 is 33.8 Å². The molecule has 0 aromatic heterocycles. The van der Waals surface area contributed by atoms with Crippen LogP contribution in [0.15, 0.2) is 0 Å². The first-order valence-corrected chi connectivity index (χ1v) is 45.4. The zero-order valence-electron chi connectivity index (χ0n) is 66.4. The van der Waals surface area contributed by atoms with Gasteiger partial charge in [0, 0.05) is 25.7 Å². The number of carbonyl (C=O) groups is 4. The molecular weight excluding hydrogens is 1320 g/mol. The van der Waals surface area contributed by atoms with Crippen LogP contribution >= 0.6 is 15.6 Å². The van der Waals surface area contributed by atoms with E-state index in [2.05, 4.69) is 48.5 Å². The summed E-state index contributed by atoms with van der Waals surface area (Å²) in [4.78, 5) is 73.0. The van der Waals surface area contributed by atoms with Crippen molar-refractivity contribution >= 4 is 39.5 Å². The Labute approximate surface area is 619 Å². The average Bonchev–Trinajstić information content (AvgIpc) is 2.26. The lowest BCUT2D eigenvalue weighted by Gasteiger charge is -2.21. The highest BCUT2D eigenvalue weighted by molar-refractivity contribution is 7.47. The van der Waals surface area contributed by atoms with Crippen molar-refractivity contribution in [2.45, 2.75) is 446 Å². The Morgan fingerprint density at radius 1 is 0.287 bits per heavy atom. The molecule has 6 atom stereocenters. The Morgan fingerprint density at radius 2 is 0.505 bits per heavy atom. The van der Waals surface area contributed by atoms with Gasteiger partial charge in [0.2, 0.25) is 0 Å². The van der Waals surface area contributed by atoms with Crippen LogP contribution in [-0.4, -0.2) is 96.7 Å². The minimum Gasteiger partial charge on any atom is -0.462 e. The summed E-state index contributed by atoms with van der Waals surface area (Å²) in [5, 5.41) is 10.6. The van der Waals surface area contributed by atoms with Gasteiger partial charge >= 0.3 is 39.5 Å². The maximum Gasteiger partial charge on any atom is 0.472 e. The number of hydrogen-bond donors (Lipinski definition) is 3. The van der Waals surface area contributed by atoms with Crippen molar-refractivity contribution in [3.8, 4) is 0 Å². The van der Waals surface area contributed by atoms with E-state index in [1.54, 1.807) is 0 Å². The number of hydrogen-bond acceptors (Lipinski definition) is 15. The van der Waals surface area contributed by atoms with E-state index in [-0.39, 0.29) is 25.7 Å². The molecule has 0 saturated carbocycles. The molecule has 0 radical (unpaired) electrons. The number of ether oxygens (including phenoxy) is 4. The van der Waals surface area contributed by atoms with Gasteiger partial charge in [0.25, 0.3) is 0 Å². The highest BCUT2D eigenvalue weighted by atomic mass is 31.2. The first-order valence-electron chi connectivity index (χ1n) is 42.4. The molecule has 0 aliphatic heterocycles. The standard InChI is InChI=1S/C82H160O17P2/c1-8-10-11-12-13-14-15-16-17-20-27-32-37-42-51-58-66-82(87)99-78(70-93-80(85)64-57-50-45-44-47-54-61-74(5)6)72-97-101(90,91)95-68-76(83)67-94-100(88,89)96-71-77(98-81(86)65-59-52-43-38-33-28-21-18-19-24-29-34-39-46-53-60-73(3)4)69-92-79(84)63-56-49-41-36-31-26-23-22-25-30-35-40-48-55-62-75(7)9-2/h73-78,83H,8-72H2,1-7H3,(H,88,89)(H,90,91)/t75?,76-,77-,78-/m1/s1. The van der Waals surface area contributed by atoms with Crippen LogP contribution in [0.25, 0.3) is 0 Å². The summed E-state index contributed by atoms with van der Waals surface area (Å²) in [6.07, 6.45) is 61.1. The Balaban J connectivity index is 5.23. The maximum atomic E-state index is 13.1. The molecule has 19 heteroatoms. The van der Waals surface area contributed by atoms with E-state index < -0.39 is 97.5 Å². The summed E-state index contributed by atoms with van der Waals surface area (Å²) in [7, 11) is -9.92. The quantitative estimate of drug-likeness (QED) is 0.0222. The minimum absolute atomic E-state index is 0.107. The molecule has 0 spiro atoms. The van der Waals surface area contributed by atoms with Gasteiger partial charge in [-0.3, -0.25) is 37.3 Å². The zero-order chi connectivity index (χ0) is 74.4. The molecule has 0 aliphatic rings. The lowest BCUT2D eigenvalue weighted by atomic mass is 9.99. The van der Waals surface area contributed by atoms with Gasteiger partial charge in [-0.25, -0.2) is 9.13 Å². The largest absolute Gasteiger partial charge is 0.472 e. The van der Waals surface area contributed by atoms with Crippen molar-refractivity contribution in [3.05, 3.63) is 0 Å². The monoisotopic (exact) mass is 1480 g/mol. The molecule has 0 aliphatic carbocycles. The second-order valence-electron chi connectivity index (χ2n) is 30.7. The molecule has 0 aromatic carbocycles. The molecule has 0 fully saturated rings. The van der Waals surface area contributed by atoms with Crippen LogP contribution in [0.4, 0.5) is 0 Å². The van der Waals surface area contributed by atoms with Gasteiger partial charge in [-0.05, 0) is 43.4 Å². The molecule has 0 aromatic rings. The van der Waals surface area contributed by atoms with Crippen molar-refractivity contribution < 1.29 is 80.2 Å². The second-order valence-corrected chi connectivity index (χ2v) is 33.6. The third kappa shape index (κ3) is 74.7. The van der Waals surface area contributed by atoms with Gasteiger partial charge in [-0.15, -0.1) is 0 Å². The number of esters is 4. The van der Waals surface area contributed by atoms with E-state index in [4.69, 9.17) is 37.0 Å². The van der Waals surface area contributed by atoms with Crippen molar-refractivity contribution in [3.63, 3.8) is 0 Å². The van der Waals surface area contributed by atoms with Crippen LogP contribution in [0.2, 0.25) is 0 Å². The first-order chi connectivity index (χ1) is 48.8. The molecule has 0 heterocycles. The lowest BCUT2D eigenvalue weighted by Crippen LogP contribution is -2.30. The van der Waals surface area contributed by atoms with Crippen LogP contribution in [0.5, 0.6) is 0 Å². The average molecular weight is 1480 g/mol. The van der Waals surface area contributed by atoms with Crippen LogP contribution in [0, 0.1) is 17.8 Å². The van der Waals surface area contributed by atoms with Crippen LogP contribution < -0.4 is 0 Å². The van der Waals surface area contributed by atoms with Gasteiger partial charge in [0.15, 0.2) is 12.2 Å². The number of rotatable bonds is 80. The third-order valence-corrected chi connectivity index (χ3v) is 21.4. The number of aliphatic hydroxyl groups is 1. The van der Waals surface area contributed by atoms with E-state index in [0.29, 0.717) is 31.6 Å². The van der Waals surface area contributed by atoms with Gasteiger partial charge in [0.05, 0.1) is 26.4 Å². The van der Waals surface area contributed by atoms with E-state index in [1.165, 1.54) is 231 Å². The number of phosphoric acid groups is 2. The fourth-order valence-electron chi connectivity index (χ4n) is 12.6. The molecule has 17 nitrogen and oxygen atoms in total. The van der Waals surface area contributed by atoms with Crippen molar-refractivity contribution in [2.75, 3.05) is 39.6 Å². The van der Waals surface area contributed by atoms with Crippen LogP contribution in [-0.2, 0) is 65.4 Å². The van der Waals surface area contributed by atoms with Crippen LogP contribution in [0.3, 0.4) is 0 Å². The fraction of sp³-hybridized carbons (Fsp3) is 0.951. The summed E-state index contributed by atoms with van der Waals surface area (Å²) >= 11 is 0. The van der Waals surface area contributed by atoms with Crippen molar-refractivity contribution in [1.29, 1.82) is 0 Å². The molecule has 0 amide bonds. The summed E-state index contributed by atoms with van der Waals surface area (Å²) < 4.78 is 68.7. The molecule has 0 saturated heterocycles. The SMILES string of the molecule is CCCCCCCCCCCCCCCCCCC(=O)O[C@H](COC(=O)CCCCCCCCC(C)C)COP(=O)(O)OC[C@H](O)COP(=O)(O)OC[C@@H](COC(=O)CCCCCCCCCCCCCCCCC(C)CC)OC(=O)CCCCCCCCCCCCCCCCCC(C)C. The number of unbranched alkanes of at least 4 members (excludes halogenated alkanes) is 47. The maximum absolute atomic E-state index is 13.1. The number of carbonyl (C=O) groups excluding carboxylic acids is 4. The molecule has 3 N–H and O–H groups in total. The van der Waals surface area contributed by atoms with E-state index in [9.17, 15) is 43.2 Å². The van der Waals surface area contributed by atoms with Gasteiger partial charge in [-0.2, -0.15) is 0 Å². The van der Waals surface area contributed by atoms with Gasteiger partial charge in [-0.1, -0.05) is 376 Å². The first kappa shape index (κ1) is 99.1. The van der Waals surface area contributed by atoms with E-state index in [1.807, 2.05) is 0 Å². The Bertz CT molecular complexity index is 1960. The summed E-state index contributed by atoms with van der Waals surface area (Å²) in [5.41, 5.74) is 0. The van der Waals surface area contributed by atoms with E-state index in [0.717, 1.165) is 108 Å². The number of aliphatic hydroxyl groups excluding tert-OH is 1. The highest BCUT2D eigenvalue weighted by Gasteiger charge is 2.30. The smallest absolute Gasteiger partial charge is 0.462 e. The van der Waals surface area contributed by atoms with Crippen molar-refractivity contribution in [2.24, 2.45) is 17.8 Å². The Hall–Kier alpha value is -1.94. The lowest BCUT2D eigenvalue weighted by molar-refractivity contribution is -0.161. The predicted molar refractivity (Wildman–Crippen MR) is 414 cm³/mol. The molecule has 101 heavy (non-hydrogen) atoms. The molecule has 0 bridgehead atoms. The third-order valence-electron chi connectivity index (χ3n) is 19.5. The predicted octanol–water partition coefficient (Wildman–Crippen LogP) is 24.5. The summed E-state index contributed by atoms with van der Waals surface area (Å²) in [5.74, 6) is 0.221. The van der Waals surface area contributed by atoms with Crippen LogP contribution in [0.1, 0.15) is 427 Å². The Morgan fingerprint density at radius 3 is 0.752 bits per heavy atom. The summed E-state index contributed by atoms with van der Waals surface area (Å²) in [6.45, 7) is 12.0. The molecular formula is C82H160O17P2. The molecule has 3 unspecified atom stereocenters. The highest BCUT2D eigenvalue weighted by Crippen LogP contribution is 2.45. The van der Waals surface area contributed by atoms with E-state index >= 15 is 0 Å². The topological polar surface area (TPSA) is 237 Å². The fourth-order valence-corrected chi connectivity index (χ4v) is 14.2.